The van der Waals surface area contributed by atoms with Crippen LogP contribution in [0.25, 0.3) is 0 Å². The molecule has 0 radical (unpaired) electrons. The number of carbonyl (C=O) groups is 1. The van der Waals surface area contributed by atoms with Gasteiger partial charge >= 0.3 is 0 Å². The summed E-state index contributed by atoms with van der Waals surface area (Å²) < 4.78 is 36.0. The number of benzene rings is 1. The number of carbonyl (C=O) groups excluding carboxylic acids is 1. The van der Waals surface area contributed by atoms with Crippen molar-refractivity contribution >= 4 is 15.7 Å². The molecule has 1 unspecified atom stereocenters. The van der Waals surface area contributed by atoms with E-state index in [1.807, 2.05) is 36.7 Å². The van der Waals surface area contributed by atoms with E-state index in [-0.39, 0.29) is 30.2 Å². The normalized spacial score (nSPS) is 19.4. The van der Waals surface area contributed by atoms with Gasteiger partial charge in [-0.25, -0.2) is 8.42 Å². The first kappa shape index (κ1) is 19.8. The lowest BCUT2D eigenvalue weighted by atomic mass is 10.1. The van der Waals surface area contributed by atoms with Gasteiger partial charge in [0, 0.05) is 18.7 Å². The third-order valence-corrected chi connectivity index (χ3v) is 7.31. The van der Waals surface area contributed by atoms with Crippen molar-refractivity contribution < 1.29 is 22.7 Å². The highest BCUT2D eigenvalue weighted by molar-refractivity contribution is 7.91. The van der Waals surface area contributed by atoms with Gasteiger partial charge in [-0.1, -0.05) is 6.07 Å². The fourth-order valence-corrected chi connectivity index (χ4v) is 5.65. The zero-order valence-electron chi connectivity index (χ0n) is 16.6. The topological polar surface area (TPSA) is 99.5 Å². The van der Waals surface area contributed by atoms with Crippen molar-refractivity contribution in [1.82, 2.24) is 15.1 Å². The predicted octanol–water partition coefficient (Wildman–Crippen LogP) is 1.84. The molecule has 4 rings (SSSR count). The van der Waals surface area contributed by atoms with Crippen LogP contribution in [0.5, 0.6) is 11.5 Å². The second kappa shape index (κ2) is 7.70. The molecule has 1 amide bonds. The van der Waals surface area contributed by atoms with E-state index in [9.17, 15) is 13.2 Å². The molecule has 1 aromatic heterocycles. The van der Waals surface area contributed by atoms with Crippen molar-refractivity contribution in [3.63, 3.8) is 0 Å². The first-order valence-electron chi connectivity index (χ1n) is 9.72. The summed E-state index contributed by atoms with van der Waals surface area (Å²) in [6.07, 6.45) is 1.52. The molecule has 0 saturated carbocycles. The number of sulfone groups is 1. The van der Waals surface area contributed by atoms with Crippen LogP contribution in [0.1, 0.15) is 41.4 Å². The molecule has 2 aromatic rings. The summed E-state index contributed by atoms with van der Waals surface area (Å²) in [6.45, 7) is 4.51. The Bertz CT molecular complexity index is 1040. The van der Waals surface area contributed by atoms with Crippen molar-refractivity contribution in [3.8, 4) is 11.5 Å². The van der Waals surface area contributed by atoms with E-state index in [1.165, 1.54) is 0 Å². The molecule has 3 heterocycles. The minimum absolute atomic E-state index is 0.0438. The molecule has 1 aromatic carbocycles. The van der Waals surface area contributed by atoms with Crippen LogP contribution in [-0.4, -0.2) is 42.4 Å². The summed E-state index contributed by atoms with van der Waals surface area (Å²) in [6, 6.07) is 5.51. The van der Waals surface area contributed by atoms with Crippen LogP contribution in [0.4, 0.5) is 0 Å². The average molecular weight is 420 g/mol. The summed E-state index contributed by atoms with van der Waals surface area (Å²) in [4.78, 5) is 12.3. The van der Waals surface area contributed by atoms with Crippen molar-refractivity contribution in [2.24, 2.45) is 0 Å². The van der Waals surface area contributed by atoms with Crippen molar-refractivity contribution in [2.75, 3.05) is 18.3 Å². The second-order valence-electron chi connectivity index (χ2n) is 7.62. The Balaban J connectivity index is 1.33. The number of amides is 1. The zero-order valence-corrected chi connectivity index (χ0v) is 17.4. The number of hydrogen-bond acceptors (Lipinski definition) is 6. The third-order valence-electron chi connectivity index (χ3n) is 5.56. The number of hydrogen-bond donors (Lipinski definition) is 1. The van der Waals surface area contributed by atoms with Gasteiger partial charge in [0.05, 0.1) is 23.2 Å². The van der Waals surface area contributed by atoms with Crippen molar-refractivity contribution in [1.29, 1.82) is 0 Å². The van der Waals surface area contributed by atoms with E-state index in [2.05, 4.69) is 10.4 Å². The Labute approximate surface area is 170 Å². The van der Waals surface area contributed by atoms with Crippen LogP contribution in [0, 0.1) is 13.8 Å². The highest BCUT2D eigenvalue weighted by Gasteiger charge is 2.31. The summed E-state index contributed by atoms with van der Waals surface area (Å²) in [5.41, 5.74) is 3.78. The van der Waals surface area contributed by atoms with Gasteiger partial charge in [-0.3, -0.25) is 9.48 Å². The maximum absolute atomic E-state index is 12.3. The standard InChI is InChI=1S/C20H25N3O5S/c1-13-17(14(2)23(22-13)16-7-8-29(25,26)11-16)4-6-20(24)21-10-15-3-5-18-19(9-15)28-12-27-18/h3,5,9,16H,4,6-8,10-12H2,1-2H3,(H,21,24). The number of nitrogens with zero attached hydrogens (tertiary/aromatic N) is 2. The molecule has 29 heavy (non-hydrogen) atoms. The number of aromatic nitrogens is 2. The number of fused-ring (bicyclic) bond motifs is 1. The maximum atomic E-state index is 12.3. The smallest absolute Gasteiger partial charge is 0.231 e. The lowest BCUT2D eigenvalue weighted by molar-refractivity contribution is -0.121. The number of nitrogens with one attached hydrogen (secondary N) is 1. The lowest BCUT2D eigenvalue weighted by Crippen LogP contribution is -2.23. The quantitative estimate of drug-likeness (QED) is 0.767. The van der Waals surface area contributed by atoms with Gasteiger partial charge < -0.3 is 14.8 Å². The van der Waals surface area contributed by atoms with Crippen LogP contribution in [0.2, 0.25) is 0 Å². The second-order valence-corrected chi connectivity index (χ2v) is 9.84. The number of aryl methyl sites for hydroxylation is 1. The maximum Gasteiger partial charge on any atom is 0.231 e. The fourth-order valence-electron chi connectivity index (χ4n) is 3.96. The van der Waals surface area contributed by atoms with Crippen LogP contribution < -0.4 is 14.8 Å². The molecule has 1 fully saturated rings. The van der Waals surface area contributed by atoms with Gasteiger partial charge in [-0.15, -0.1) is 0 Å². The van der Waals surface area contributed by atoms with E-state index in [4.69, 9.17) is 9.47 Å². The van der Waals surface area contributed by atoms with E-state index >= 15 is 0 Å². The highest BCUT2D eigenvalue weighted by atomic mass is 32.2. The molecule has 1 saturated heterocycles. The van der Waals surface area contributed by atoms with Gasteiger partial charge in [-0.2, -0.15) is 5.10 Å². The molecule has 156 valence electrons. The summed E-state index contributed by atoms with van der Waals surface area (Å²) >= 11 is 0. The Morgan fingerprint density at radius 2 is 2.07 bits per heavy atom. The first-order chi connectivity index (χ1) is 13.8. The lowest BCUT2D eigenvalue weighted by Gasteiger charge is -2.11. The van der Waals surface area contributed by atoms with E-state index in [0.29, 0.717) is 31.6 Å². The monoisotopic (exact) mass is 419 g/mol. The van der Waals surface area contributed by atoms with E-state index in [1.54, 1.807) is 0 Å². The molecule has 2 aliphatic heterocycles. The summed E-state index contributed by atoms with van der Waals surface area (Å²) in [5.74, 6) is 1.73. The molecule has 2 aliphatic rings. The van der Waals surface area contributed by atoms with Crippen molar-refractivity contribution in [3.05, 3.63) is 40.7 Å². The Morgan fingerprint density at radius 1 is 1.28 bits per heavy atom. The molecular weight excluding hydrogens is 394 g/mol. The highest BCUT2D eigenvalue weighted by Crippen LogP contribution is 2.32. The predicted molar refractivity (Wildman–Crippen MR) is 107 cm³/mol. The molecule has 1 N–H and O–H groups in total. The van der Waals surface area contributed by atoms with Crippen LogP contribution in [-0.2, 0) is 27.6 Å². The largest absolute Gasteiger partial charge is 0.454 e. The molecule has 8 nitrogen and oxygen atoms in total. The Kier molecular flexibility index (Phi) is 5.24. The van der Waals surface area contributed by atoms with Gasteiger partial charge in [0.2, 0.25) is 12.7 Å². The summed E-state index contributed by atoms with van der Waals surface area (Å²) in [7, 11) is -2.97. The third kappa shape index (κ3) is 4.24. The molecule has 0 aliphatic carbocycles. The first-order valence-corrected chi connectivity index (χ1v) is 11.5. The van der Waals surface area contributed by atoms with Crippen LogP contribution >= 0.6 is 0 Å². The minimum atomic E-state index is -2.97. The van der Waals surface area contributed by atoms with Gasteiger partial charge in [0.1, 0.15) is 0 Å². The molecule has 9 heteroatoms. The van der Waals surface area contributed by atoms with Gasteiger partial charge in [0.25, 0.3) is 0 Å². The number of rotatable bonds is 6. The number of ether oxygens (including phenoxy) is 2. The SMILES string of the molecule is Cc1nn(C2CCS(=O)(=O)C2)c(C)c1CCC(=O)NCc1ccc2c(c1)OCO2. The average Bonchev–Trinajstić information content (AvgIpc) is 3.36. The minimum Gasteiger partial charge on any atom is -0.454 e. The van der Waals surface area contributed by atoms with E-state index in [0.717, 1.165) is 28.3 Å². The summed E-state index contributed by atoms with van der Waals surface area (Å²) in [5, 5.41) is 7.49. The van der Waals surface area contributed by atoms with Gasteiger partial charge in [-0.05, 0) is 49.9 Å². The molecule has 1 atom stereocenters. The van der Waals surface area contributed by atoms with E-state index < -0.39 is 9.84 Å². The van der Waals surface area contributed by atoms with Crippen LogP contribution in [0.3, 0.4) is 0 Å². The molecular formula is C20H25N3O5S. The molecule has 0 spiro atoms. The van der Waals surface area contributed by atoms with Crippen LogP contribution in [0.15, 0.2) is 18.2 Å². The fraction of sp³-hybridized carbons (Fsp3) is 0.500. The zero-order chi connectivity index (χ0) is 20.6. The Hall–Kier alpha value is -2.55. The molecule has 0 bridgehead atoms. The van der Waals surface area contributed by atoms with Crippen molar-refractivity contribution in [2.45, 2.75) is 45.7 Å². The van der Waals surface area contributed by atoms with Gasteiger partial charge in [0.15, 0.2) is 21.3 Å². The Morgan fingerprint density at radius 3 is 2.83 bits per heavy atom.